The van der Waals surface area contributed by atoms with Crippen LogP contribution >= 0.6 is 0 Å². The number of hydrogen-bond acceptors (Lipinski definition) is 2. The molecule has 0 aromatic carbocycles. The van der Waals surface area contributed by atoms with Crippen molar-refractivity contribution in [1.82, 2.24) is 0 Å². The second kappa shape index (κ2) is 4.21. The zero-order valence-corrected chi connectivity index (χ0v) is 12.0. The van der Waals surface area contributed by atoms with E-state index in [9.17, 15) is 10.2 Å². The maximum Gasteiger partial charge on any atom is 0.0652 e. The number of fused-ring (bicyclic) bond motifs is 1. The molecule has 2 N–H and O–H groups in total. The van der Waals surface area contributed by atoms with Gasteiger partial charge in [-0.3, -0.25) is 0 Å². The molecule has 4 rings (SSSR count). The van der Waals surface area contributed by atoms with Crippen molar-refractivity contribution in [2.75, 3.05) is 0 Å². The largest absolute Gasteiger partial charge is 0.392 e. The van der Waals surface area contributed by atoms with Gasteiger partial charge in [-0.15, -0.1) is 0 Å². The molecule has 4 aliphatic carbocycles. The average molecular weight is 264 g/mol. The van der Waals surface area contributed by atoms with Crippen LogP contribution in [0.5, 0.6) is 0 Å². The zero-order chi connectivity index (χ0) is 13.1. The second-order valence-corrected chi connectivity index (χ2v) is 8.11. The van der Waals surface area contributed by atoms with E-state index in [4.69, 9.17) is 0 Å². The Kier molecular flexibility index (Phi) is 2.80. The number of hydrogen-bond donors (Lipinski definition) is 2. The fraction of sp³-hybridized carbons (Fsp3) is 1.00. The fourth-order valence-electron chi connectivity index (χ4n) is 6.40. The second-order valence-electron chi connectivity index (χ2n) is 8.11. The highest BCUT2D eigenvalue weighted by atomic mass is 16.3. The minimum atomic E-state index is -0.219. The standard InChI is InChI=1S/C17H28O2/c18-14-13-12(5-10-16(14)6-1-2-7-16)11-17(15(13)19)8-3-4-9-17/h12-15,18-19H,1-11H2. The first kappa shape index (κ1) is 12.6. The highest BCUT2D eigenvalue weighted by Gasteiger charge is 2.61. The van der Waals surface area contributed by atoms with Gasteiger partial charge in [0.05, 0.1) is 12.2 Å². The van der Waals surface area contributed by atoms with Crippen molar-refractivity contribution in [2.45, 2.75) is 82.8 Å². The summed E-state index contributed by atoms with van der Waals surface area (Å²) in [6, 6.07) is 0. The first-order chi connectivity index (χ1) is 9.17. The van der Waals surface area contributed by atoms with Crippen molar-refractivity contribution in [3.05, 3.63) is 0 Å². The van der Waals surface area contributed by atoms with E-state index >= 15 is 0 Å². The third-order valence-corrected chi connectivity index (χ3v) is 7.41. The summed E-state index contributed by atoms with van der Waals surface area (Å²) in [5.41, 5.74) is 0.382. The average Bonchev–Trinajstić information content (AvgIpc) is 3.10. The molecular weight excluding hydrogens is 236 g/mol. The van der Waals surface area contributed by atoms with Gasteiger partial charge in [0, 0.05) is 5.92 Å². The minimum Gasteiger partial charge on any atom is -0.392 e. The maximum absolute atomic E-state index is 11.0. The molecule has 0 heterocycles. The summed E-state index contributed by atoms with van der Waals surface area (Å²) in [5, 5.41) is 21.9. The molecular formula is C17H28O2. The summed E-state index contributed by atoms with van der Waals surface area (Å²) in [6.45, 7) is 0. The lowest BCUT2D eigenvalue weighted by atomic mass is 9.62. The Morgan fingerprint density at radius 2 is 1.21 bits per heavy atom. The molecule has 0 amide bonds. The molecule has 0 aromatic heterocycles. The quantitative estimate of drug-likeness (QED) is 0.705. The van der Waals surface area contributed by atoms with Crippen LogP contribution in [0.15, 0.2) is 0 Å². The Labute approximate surface area is 116 Å². The van der Waals surface area contributed by atoms with Gasteiger partial charge in [0.15, 0.2) is 0 Å². The van der Waals surface area contributed by atoms with Crippen LogP contribution in [0.3, 0.4) is 0 Å². The van der Waals surface area contributed by atoms with Gasteiger partial charge in [0.2, 0.25) is 0 Å². The normalized spacial score (nSPS) is 47.1. The molecule has 2 heteroatoms. The summed E-state index contributed by atoms with van der Waals surface area (Å²) >= 11 is 0. The van der Waals surface area contributed by atoms with E-state index in [1.165, 1.54) is 70.6 Å². The van der Waals surface area contributed by atoms with E-state index in [-0.39, 0.29) is 29.0 Å². The Bertz CT molecular complexity index is 342. The van der Waals surface area contributed by atoms with Gasteiger partial charge in [0.1, 0.15) is 0 Å². The van der Waals surface area contributed by atoms with Crippen LogP contribution in [0, 0.1) is 22.7 Å². The molecule has 4 atom stereocenters. The smallest absolute Gasteiger partial charge is 0.0652 e. The summed E-state index contributed by atoms with van der Waals surface area (Å²) in [4.78, 5) is 0. The van der Waals surface area contributed by atoms with Crippen LogP contribution in [-0.4, -0.2) is 22.4 Å². The van der Waals surface area contributed by atoms with Crippen LogP contribution < -0.4 is 0 Å². The van der Waals surface area contributed by atoms with Gasteiger partial charge < -0.3 is 10.2 Å². The van der Waals surface area contributed by atoms with Crippen LogP contribution in [-0.2, 0) is 0 Å². The van der Waals surface area contributed by atoms with Gasteiger partial charge in [0.25, 0.3) is 0 Å². The third kappa shape index (κ3) is 1.62. The number of rotatable bonds is 0. The van der Waals surface area contributed by atoms with Crippen molar-refractivity contribution >= 4 is 0 Å². The Balaban J connectivity index is 1.62. The molecule has 4 aliphatic rings. The predicted molar refractivity (Wildman–Crippen MR) is 74.6 cm³/mol. The number of aliphatic hydroxyl groups excluding tert-OH is 2. The Morgan fingerprint density at radius 3 is 1.84 bits per heavy atom. The van der Waals surface area contributed by atoms with Gasteiger partial charge in [-0.25, -0.2) is 0 Å². The van der Waals surface area contributed by atoms with Gasteiger partial charge in [-0.05, 0) is 61.7 Å². The Hall–Kier alpha value is -0.0800. The van der Waals surface area contributed by atoms with Gasteiger partial charge in [-0.2, -0.15) is 0 Å². The summed E-state index contributed by atoms with van der Waals surface area (Å²) < 4.78 is 0. The van der Waals surface area contributed by atoms with Crippen molar-refractivity contribution in [3.63, 3.8) is 0 Å². The van der Waals surface area contributed by atoms with E-state index < -0.39 is 0 Å². The predicted octanol–water partition coefficient (Wildman–Crippen LogP) is 3.26. The lowest BCUT2D eigenvalue weighted by molar-refractivity contribution is -0.107. The molecule has 2 nitrogen and oxygen atoms in total. The molecule has 2 spiro atoms. The minimum absolute atomic E-state index is 0.187. The first-order valence-electron chi connectivity index (χ1n) is 8.53. The van der Waals surface area contributed by atoms with Gasteiger partial charge >= 0.3 is 0 Å². The van der Waals surface area contributed by atoms with Crippen molar-refractivity contribution in [3.8, 4) is 0 Å². The summed E-state index contributed by atoms with van der Waals surface area (Å²) in [6.07, 6.45) is 13.2. The van der Waals surface area contributed by atoms with Crippen LogP contribution in [0.2, 0.25) is 0 Å². The van der Waals surface area contributed by atoms with Gasteiger partial charge in [-0.1, -0.05) is 25.7 Å². The molecule has 4 saturated carbocycles. The lowest BCUT2D eigenvalue weighted by Crippen LogP contribution is -2.49. The topological polar surface area (TPSA) is 40.5 Å². The van der Waals surface area contributed by atoms with E-state index in [0.717, 1.165) is 0 Å². The summed E-state index contributed by atoms with van der Waals surface area (Å²) in [5.74, 6) is 0.805. The molecule has 4 unspecified atom stereocenters. The molecule has 0 saturated heterocycles. The highest BCUT2D eigenvalue weighted by Crippen LogP contribution is 2.63. The molecule has 0 radical (unpaired) electrons. The molecule has 19 heavy (non-hydrogen) atoms. The molecule has 0 aliphatic heterocycles. The zero-order valence-electron chi connectivity index (χ0n) is 12.0. The van der Waals surface area contributed by atoms with E-state index in [2.05, 4.69) is 0 Å². The molecule has 108 valence electrons. The highest BCUT2D eigenvalue weighted by molar-refractivity contribution is 5.11. The van der Waals surface area contributed by atoms with E-state index in [1.54, 1.807) is 0 Å². The molecule has 4 fully saturated rings. The van der Waals surface area contributed by atoms with E-state index in [1.807, 2.05) is 0 Å². The van der Waals surface area contributed by atoms with Crippen LogP contribution in [0.25, 0.3) is 0 Å². The molecule has 0 bridgehead atoms. The fourth-order valence-corrected chi connectivity index (χ4v) is 6.40. The van der Waals surface area contributed by atoms with E-state index in [0.29, 0.717) is 5.92 Å². The van der Waals surface area contributed by atoms with Crippen molar-refractivity contribution < 1.29 is 10.2 Å². The van der Waals surface area contributed by atoms with Crippen LogP contribution in [0.1, 0.15) is 70.6 Å². The lowest BCUT2D eigenvalue weighted by Gasteiger charge is -2.46. The summed E-state index contributed by atoms with van der Waals surface area (Å²) in [7, 11) is 0. The monoisotopic (exact) mass is 264 g/mol. The number of aliphatic hydroxyl groups is 2. The SMILES string of the molecule is OC1C2C(CCC13CCCC3)CC1(CCCC1)C2O. The Morgan fingerprint density at radius 1 is 0.684 bits per heavy atom. The first-order valence-corrected chi connectivity index (χ1v) is 8.53. The third-order valence-electron chi connectivity index (χ3n) is 7.41. The van der Waals surface area contributed by atoms with Crippen LogP contribution in [0.4, 0.5) is 0 Å². The molecule has 0 aromatic rings. The van der Waals surface area contributed by atoms with Crippen molar-refractivity contribution in [2.24, 2.45) is 22.7 Å². The maximum atomic E-state index is 11.0. The van der Waals surface area contributed by atoms with Crippen molar-refractivity contribution in [1.29, 1.82) is 0 Å².